The first kappa shape index (κ1) is 12.9. The van der Waals surface area contributed by atoms with Crippen molar-refractivity contribution in [3.63, 3.8) is 0 Å². The Morgan fingerprint density at radius 2 is 2.44 bits per heavy atom. The van der Waals surface area contributed by atoms with Crippen LogP contribution in [0.5, 0.6) is 0 Å². The lowest BCUT2D eigenvalue weighted by atomic mass is 10.2. The highest BCUT2D eigenvalue weighted by Crippen LogP contribution is 2.25. The van der Waals surface area contributed by atoms with Gasteiger partial charge in [0.05, 0.1) is 22.5 Å². The number of hydrogen-bond acceptors (Lipinski definition) is 6. The van der Waals surface area contributed by atoms with E-state index in [4.69, 9.17) is 10.5 Å². The van der Waals surface area contributed by atoms with Crippen molar-refractivity contribution < 1.29 is 14.5 Å². The Hall–Kier alpha value is -1.51. The normalized spacial score (nSPS) is 19.8. The summed E-state index contributed by atoms with van der Waals surface area (Å²) in [5.41, 5.74) is 5.50. The standard InChI is InChI=1S/C10H13N3O4S/c11-5-7-6-12(3-4-17-7)10(14)8-1-2-9(18-8)13(15)16/h1-2,7H,3-6,11H2. The summed E-state index contributed by atoms with van der Waals surface area (Å²) >= 11 is 0.889. The zero-order chi connectivity index (χ0) is 13.1. The zero-order valence-corrected chi connectivity index (χ0v) is 10.4. The number of nitro groups is 1. The molecule has 1 amide bonds. The fourth-order valence-corrected chi connectivity index (χ4v) is 2.53. The Kier molecular flexibility index (Phi) is 3.90. The molecule has 0 radical (unpaired) electrons. The number of morpholine rings is 1. The van der Waals surface area contributed by atoms with Crippen molar-refractivity contribution in [3.8, 4) is 0 Å². The lowest BCUT2D eigenvalue weighted by Gasteiger charge is -2.31. The average molecular weight is 271 g/mol. The van der Waals surface area contributed by atoms with Crippen LogP contribution >= 0.6 is 11.3 Å². The predicted molar refractivity (Wildman–Crippen MR) is 65.7 cm³/mol. The van der Waals surface area contributed by atoms with E-state index >= 15 is 0 Å². The minimum Gasteiger partial charge on any atom is -0.373 e. The third-order valence-corrected chi connectivity index (χ3v) is 3.70. The van der Waals surface area contributed by atoms with Crippen LogP contribution in [0.1, 0.15) is 9.67 Å². The number of carbonyl (C=O) groups is 1. The van der Waals surface area contributed by atoms with Crippen molar-refractivity contribution in [2.24, 2.45) is 5.73 Å². The van der Waals surface area contributed by atoms with Crippen LogP contribution in [0.15, 0.2) is 12.1 Å². The molecule has 1 saturated heterocycles. The van der Waals surface area contributed by atoms with Crippen molar-refractivity contribution in [2.45, 2.75) is 6.10 Å². The van der Waals surface area contributed by atoms with Crippen LogP contribution in [0, 0.1) is 10.1 Å². The fraction of sp³-hybridized carbons (Fsp3) is 0.500. The van der Waals surface area contributed by atoms with E-state index in [1.165, 1.54) is 12.1 Å². The van der Waals surface area contributed by atoms with Crippen LogP contribution in [0.2, 0.25) is 0 Å². The van der Waals surface area contributed by atoms with E-state index in [9.17, 15) is 14.9 Å². The van der Waals surface area contributed by atoms with E-state index in [1.54, 1.807) is 4.90 Å². The van der Waals surface area contributed by atoms with Crippen molar-refractivity contribution in [2.75, 3.05) is 26.2 Å². The molecule has 8 heteroatoms. The van der Waals surface area contributed by atoms with Gasteiger partial charge < -0.3 is 15.4 Å². The van der Waals surface area contributed by atoms with Gasteiger partial charge in [-0.05, 0) is 6.07 Å². The van der Waals surface area contributed by atoms with Gasteiger partial charge in [-0.3, -0.25) is 14.9 Å². The van der Waals surface area contributed by atoms with Crippen molar-refractivity contribution in [3.05, 3.63) is 27.1 Å². The van der Waals surface area contributed by atoms with Crippen LogP contribution in [0.3, 0.4) is 0 Å². The molecule has 1 aromatic rings. The molecule has 2 heterocycles. The molecular weight excluding hydrogens is 258 g/mol. The van der Waals surface area contributed by atoms with Crippen LogP contribution in [-0.2, 0) is 4.74 Å². The van der Waals surface area contributed by atoms with E-state index < -0.39 is 4.92 Å². The first-order valence-corrected chi connectivity index (χ1v) is 6.28. The molecule has 0 aromatic carbocycles. The number of rotatable bonds is 3. The summed E-state index contributed by atoms with van der Waals surface area (Å²) in [4.78, 5) is 24.2. The minimum atomic E-state index is -0.497. The molecule has 98 valence electrons. The molecule has 7 nitrogen and oxygen atoms in total. The average Bonchev–Trinajstić information content (AvgIpc) is 2.87. The van der Waals surface area contributed by atoms with Crippen molar-refractivity contribution in [1.82, 2.24) is 4.90 Å². The smallest absolute Gasteiger partial charge is 0.324 e. The maximum atomic E-state index is 12.1. The molecule has 1 aliphatic rings. The summed E-state index contributed by atoms with van der Waals surface area (Å²) in [6.45, 7) is 1.72. The number of hydrogen-bond donors (Lipinski definition) is 1. The minimum absolute atomic E-state index is 0.0259. The summed E-state index contributed by atoms with van der Waals surface area (Å²) in [5.74, 6) is -0.199. The van der Waals surface area contributed by atoms with Gasteiger partial charge in [-0.1, -0.05) is 11.3 Å². The topological polar surface area (TPSA) is 98.7 Å². The first-order chi connectivity index (χ1) is 8.61. The molecule has 18 heavy (non-hydrogen) atoms. The Morgan fingerprint density at radius 3 is 3.06 bits per heavy atom. The molecule has 1 unspecified atom stereocenters. The third kappa shape index (κ3) is 2.66. The molecule has 1 aliphatic heterocycles. The van der Waals surface area contributed by atoms with Gasteiger partial charge in [-0.25, -0.2) is 0 Å². The Morgan fingerprint density at radius 1 is 1.67 bits per heavy atom. The van der Waals surface area contributed by atoms with Crippen molar-refractivity contribution >= 4 is 22.2 Å². The molecule has 1 fully saturated rings. The molecule has 2 rings (SSSR count). The van der Waals surface area contributed by atoms with Gasteiger partial charge in [0.25, 0.3) is 5.91 Å². The second-order valence-corrected chi connectivity index (χ2v) is 4.94. The Labute approximate surface area is 107 Å². The fourth-order valence-electron chi connectivity index (χ4n) is 1.74. The molecule has 0 saturated carbocycles. The number of amides is 1. The maximum Gasteiger partial charge on any atom is 0.324 e. The number of ether oxygens (including phenoxy) is 1. The monoisotopic (exact) mass is 271 g/mol. The SMILES string of the molecule is NCC1CN(C(=O)c2ccc([N+](=O)[O-])s2)CCO1. The highest BCUT2D eigenvalue weighted by Gasteiger charge is 2.26. The van der Waals surface area contributed by atoms with Crippen LogP contribution < -0.4 is 5.73 Å². The first-order valence-electron chi connectivity index (χ1n) is 5.47. The van der Waals surface area contributed by atoms with Gasteiger partial charge in [0.2, 0.25) is 0 Å². The Balaban J connectivity index is 2.07. The summed E-state index contributed by atoms with van der Waals surface area (Å²) < 4.78 is 5.36. The summed E-state index contributed by atoms with van der Waals surface area (Å²) in [6, 6.07) is 2.83. The predicted octanol–water partition coefficient (Wildman–Crippen LogP) is 0.456. The van der Waals surface area contributed by atoms with Gasteiger partial charge in [0.15, 0.2) is 0 Å². The van der Waals surface area contributed by atoms with Gasteiger partial charge in [-0.15, -0.1) is 0 Å². The van der Waals surface area contributed by atoms with Gasteiger partial charge >= 0.3 is 5.00 Å². The lowest BCUT2D eigenvalue weighted by Crippen LogP contribution is -2.47. The summed E-state index contributed by atoms with van der Waals surface area (Å²) in [5, 5.41) is 10.5. The molecular formula is C10H13N3O4S. The van der Waals surface area contributed by atoms with E-state index in [0.717, 1.165) is 11.3 Å². The Bertz CT molecular complexity index is 462. The van der Waals surface area contributed by atoms with Crippen LogP contribution in [0.4, 0.5) is 5.00 Å². The number of thiophene rings is 1. The quantitative estimate of drug-likeness (QED) is 0.636. The highest BCUT2D eigenvalue weighted by atomic mass is 32.1. The van der Waals surface area contributed by atoms with E-state index in [0.29, 0.717) is 31.1 Å². The largest absolute Gasteiger partial charge is 0.373 e. The van der Waals surface area contributed by atoms with Crippen LogP contribution in [-0.4, -0.2) is 48.1 Å². The zero-order valence-electron chi connectivity index (χ0n) is 9.57. The summed E-state index contributed by atoms with van der Waals surface area (Å²) in [6.07, 6.45) is -0.155. The van der Waals surface area contributed by atoms with Gasteiger partial charge in [-0.2, -0.15) is 0 Å². The number of nitrogens with zero attached hydrogens (tertiary/aromatic N) is 2. The number of carbonyl (C=O) groups excluding carboxylic acids is 1. The maximum absolute atomic E-state index is 12.1. The van der Waals surface area contributed by atoms with Crippen molar-refractivity contribution in [1.29, 1.82) is 0 Å². The molecule has 2 N–H and O–H groups in total. The second kappa shape index (κ2) is 5.42. The molecule has 1 aromatic heterocycles. The molecule has 0 bridgehead atoms. The molecule has 1 atom stereocenters. The van der Waals surface area contributed by atoms with E-state index in [-0.39, 0.29) is 17.0 Å². The van der Waals surface area contributed by atoms with E-state index in [2.05, 4.69) is 0 Å². The second-order valence-electron chi connectivity index (χ2n) is 3.87. The lowest BCUT2D eigenvalue weighted by molar-refractivity contribution is -0.380. The molecule has 0 spiro atoms. The number of nitrogens with two attached hydrogens (primary N) is 1. The van der Waals surface area contributed by atoms with Gasteiger partial charge in [0.1, 0.15) is 0 Å². The van der Waals surface area contributed by atoms with Gasteiger partial charge in [0, 0.05) is 25.7 Å². The van der Waals surface area contributed by atoms with Crippen LogP contribution in [0.25, 0.3) is 0 Å². The van der Waals surface area contributed by atoms with E-state index in [1.807, 2.05) is 0 Å². The summed E-state index contributed by atoms with van der Waals surface area (Å²) in [7, 11) is 0. The highest BCUT2D eigenvalue weighted by molar-refractivity contribution is 7.17. The third-order valence-electron chi connectivity index (χ3n) is 2.67. The molecule has 0 aliphatic carbocycles.